The number of benzene rings is 4. The summed E-state index contributed by atoms with van der Waals surface area (Å²) in [7, 11) is 0. The smallest absolute Gasteiger partial charge is 0.255 e. The number of hydrogen-bond donors (Lipinski definition) is 2. The maximum Gasteiger partial charge on any atom is 0.255 e. The lowest BCUT2D eigenvalue weighted by Crippen LogP contribution is -2.34. The molecule has 4 aromatic carbocycles. The van der Waals surface area contributed by atoms with E-state index < -0.39 is 0 Å². The average Bonchev–Trinajstić information content (AvgIpc) is 3.34. The Balaban J connectivity index is 1.27. The van der Waals surface area contributed by atoms with Gasteiger partial charge in [0.2, 0.25) is 5.91 Å². The van der Waals surface area contributed by atoms with Crippen molar-refractivity contribution in [2.24, 2.45) is 0 Å². The van der Waals surface area contributed by atoms with Crippen molar-refractivity contribution >= 4 is 50.8 Å². The first-order valence-corrected chi connectivity index (χ1v) is 14.0. The second-order valence-electron chi connectivity index (χ2n) is 9.01. The van der Waals surface area contributed by atoms with Crippen LogP contribution in [0.15, 0.2) is 107 Å². The normalized spacial score (nSPS) is 11.9. The number of thioether (sulfide) groups is 1. The molecule has 38 heavy (non-hydrogen) atoms. The quantitative estimate of drug-likeness (QED) is 0.205. The zero-order valence-electron chi connectivity index (χ0n) is 21.0. The third kappa shape index (κ3) is 6.13. The van der Waals surface area contributed by atoms with Crippen LogP contribution in [0.3, 0.4) is 0 Å². The van der Waals surface area contributed by atoms with Crippen LogP contribution < -0.4 is 10.6 Å². The standard InChI is InChI=1S/C31H27N3O2S2/c1-20-13-15-24(16-14-20)30(36)32-25-17-18-26-27(19-25)38-31(33-26)37-21(2)29(35)34-28(22-9-5-3-6-10-22)23-11-7-4-8-12-23/h3-19,21,28H,1-2H3,(H,32,36)(H,34,35). The number of thiazole rings is 1. The number of nitrogens with zero attached hydrogens (tertiary/aromatic N) is 1. The first-order chi connectivity index (χ1) is 18.5. The molecule has 7 heteroatoms. The summed E-state index contributed by atoms with van der Waals surface area (Å²) >= 11 is 2.95. The summed E-state index contributed by atoms with van der Waals surface area (Å²) in [4.78, 5) is 30.6. The van der Waals surface area contributed by atoms with Gasteiger partial charge in [0.05, 0.1) is 21.5 Å². The number of aromatic nitrogens is 1. The zero-order chi connectivity index (χ0) is 26.5. The van der Waals surface area contributed by atoms with Crippen LogP contribution >= 0.6 is 23.1 Å². The van der Waals surface area contributed by atoms with Crippen LogP contribution in [0.25, 0.3) is 10.2 Å². The van der Waals surface area contributed by atoms with Gasteiger partial charge in [0.1, 0.15) is 0 Å². The SMILES string of the molecule is Cc1ccc(C(=O)Nc2ccc3nc(SC(C)C(=O)NC(c4ccccc4)c4ccccc4)sc3c2)cc1. The minimum absolute atomic E-state index is 0.0574. The van der Waals surface area contributed by atoms with Gasteiger partial charge in [-0.1, -0.05) is 90.1 Å². The average molecular weight is 538 g/mol. The molecule has 190 valence electrons. The first kappa shape index (κ1) is 25.7. The van der Waals surface area contributed by atoms with Crippen molar-refractivity contribution in [1.82, 2.24) is 10.3 Å². The first-order valence-electron chi connectivity index (χ1n) is 12.3. The van der Waals surface area contributed by atoms with E-state index in [4.69, 9.17) is 4.98 Å². The van der Waals surface area contributed by atoms with Crippen molar-refractivity contribution in [1.29, 1.82) is 0 Å². The van der Waals surface area contributed by atoms with E-state index in [2.05, 4.69) is 10.6 Å². The largest absolute Gasteiger partial charge is 0.344 e. The van der Waals surface area contributed by atoms with E-state index in [1.165, 1.54) is 23.1 Å². The number of amides is 2. The van der Waals surface area contributed by atoms with Crippen LogP contribution in [0.1, 0.15) is 40.0 Å². The van der Waals surface area contributed by atoms with E-state index in [0.717, 1.165) is 31.2 Å². The van der Waals surface area contributed by atoms with Gasteiger partial charge in [-0.2, -0.15) is 0 Å². The molecule has 5 rings (SSSR count). The highest BCUT2D eigenvalue weighted by Gasteiger charge is 2.22. The predicted molar refractivity (Wildman–Crippen MR) is 157 cm³/mol. The summed E-state index contributed by atoms with van der Waals surface area (Å²) in [6.07, 6.45) is 0. The van der Waals surface area contributed by atoms with Crippen LogP contribution in [0.2, 0.25) is 0 Å². The maximum absolute atomic E-state index is 13.2. The van der Waals surface area contributed by atoms with E-state index in [0.29, 0.717) is 11.3 Å². The molecule has 5 nitrogen and oxygen atoms in total. The fourth-order valence-electron chi connectivity index (χ4n) is 4.05. The van der Waals surface area contributed by atoms with Crippen molar-refractivity contribution in [2.75, 3.05) is 5.32 Å². The van der Waals surface area contributed by atoms with Gasteiger partial charge in [0, 0.05) is 11.3 Å². The second-order valence-corrected chi connectivity index (χ2v) is 11.6. The molecule has 1 unspecified atom stereocenters. The Hall–Kier alpha value is -3.94. The van der Waals surface area contributed by atoms with E-state index in [1.54, 1.807) is 0 Å². The summed E-state index contributed by atoms with van der Waals surface area (Å²) < 4.78 is 1.76. The van der Waals surface area contributed by atoms with Crippen LogP contribution in [-0.2, 0) is 4.79 Å². The number of fused-ring (bicyclic) bond motifs is 1. The highest BCUT2D eigenvalue weighted by Crippen LogP contribution is 2.34. The zero-order valence-corrected chi connectivity index (χ0v) is 22.7. The molecule has 2 N–H and O–H groups in total. The summed E-state index contributed by atoms with van der Waals surface area (Å²) in [5.41, 5.74) is 5.33. The Bertz CT molecular complexity index is 1510. The minimum Gasteiger partial charge on any atom is -0.344 e. The molecule has 0 saturated heterocycles. The van der Waals surface area contributed by atoms with Crippen LogP contribution in [0.5, 0.6) is 0 Å². The van der Waals surface area contributed by atoms with Gasteiger partial charge < -0.3 is 10.6 Å². The highest BCUT2D eigenvalue weighted by atomic mass is 32.2. The van der Waals surface area contributed by atoms with Crippen molar-refractivity contribution < 1.29 is 9.59 Å². The molecule has 1 heterocycles. The number of hydrogen-bond acceptors (Lipinski definition) is 5. The molecule has 1 aromatic heterocycles. The molecule has 0 aliphatic carbocycles. The molecule has 0 saturated carbocycles. The maximum atomic E-state index is 13.2. The second kappa shape index (κ2) is 11.6. The monoisotopic (exact) mass is 537 g/mol. The van der Waals surface area contributed by atoms with Crippen molar-refractivity contribution in [3.05, 3.63) is 125 Å². The summed E-state index contributed by atoms with van der Waals surface area (Å²) in [6, 6.07) is 32.9. The van der Waals surface area contributed by atoms with E-state index in [-0.39, 0.29) is 23.1 Å². The van der Waals surface area contributed by atoms with Crippen molar-refractivity contribution in [2.45, 2.75) is 29.5 Å². The third-order valence-electron chi connectivity index (χ3n) is 6.14. The number of carbonyl (C=O) groups is 2. The topological polar surface area (TPSA) is 71.1 Å². The Morgan fingerprint density at radius 1 is 0.842 bits per heavy atom. The lowest BCUT2D eigenvalue weighted by Gasteiger charge is -2.21. The highest BCUT2D eigenvalue weighted by molar-refractivity contribution is 8.02. The summed E-state index contributed by atoms with van der Waals surface area (Å²) in [5.74, 6) is -0.210. The van der Waals surface area contributed by atoms with E-state index >= 15 is 0 Å². The Kier molecular flexibility index (Phi) is 7.86. The van der Waals surface area contributed by atoms with Crippen molar-refractivity contribution in [3.63, 3.8) is 0 Å². The van der Waals surface area contributed by atoms with Gasteiger partial charge in [-0.15, -0.1) is 11.3 Å². The number of aryl methyl sites for hydroxylation is 1. The third-order valence-corrected chi connectivity index (χ3v) is 8.35. The fourth-order valence-corrected chi connectivity index (χ4v) is 6.31. The molecule has 0 spiro atoms. The van der Waals surface area contributed by atoms with Crippen LogP contribution in [0.4, 0.5) is 5.69 Å². The summed E-state index contributed by atoms with van der Waals surface area (Å²) in [5, 5.41) is 5.84. The van der Waals surface area contributed by atoms with Crippen LogP contribution in [0, 0.1) is 6.92 Å². The molecule has 5 aromatic rings. The molecule has 0 aliphatic rings. The van der Waals surface area contributed by atoms with Gasteiger partial charge >= 0.3 is 0 Å². The predicted octanol–water partition coefficient (Wildman–Crippen LogP) is 7.24. The molecular weight excluding hydrogens is 510 g/mol. The number of nitrogens with one attached hydrogen (secondary N) is 2. The van der Waals surface area contributed by atoms with Gasteiger partial charge in [0.25, 0.3) is 5.91 Å². The Morgan fingerprint density at radius 3 is 2.11 bits per heavy atom. The molecule has 0 fully saturated rings. The Morgan fingerprint density at radius 2 is 1.47 bits per heavy atom. The molecule has 0 aliphatic heterocycles. The lowest BCUT2D eigenvalue weighted by atomic mass is 9.98. The molecule has 2 amide bonds. The summed E-state index contributed by atoms with van der Waals surface area (Å²) in [6.45, 7) is 3.89. The van der Waals surface area contributed by atoms with E-state index in [1.807, 2.05) is 117 Å². The molecule has 1 atom stereocenters. The van der Waals surface area contributed by atoms with Crippen molar-refractivity contribution in [3.8, 4) is 0 Å². The van der Waals surface area contributed by atoms with Gasteiger partial charge in [-0.3, -0.25) is 9.59 Å². The van der Waals surface area contributed by atoms with Gasteiger partial charge in [-0.05, 0) is 55.3 Å². The minimum atomic E-state index is -0.341. The molecular formula is C31H27N3O2S2. The van der Waals surface area contributed by atoms with Gasteiger partial charge in [-0.25, -0.2) is 4.98 Å². The van der Waals surface area contributed by atoms with Crippen LogP contribution in [-0.4, -0.2) is 22.0 Å². The number of anilines is 1. The number of rotatable bonds is 8. The lowest BCUT2D eigenvalue weighted by molar-refractivity contribution is -0.120. The fraction of sp³-hybridized carbons (Fsp3) is 0.129. The number of carbonyl (C=O) groups excluding carboxylic acids is 2. The van der Waals surface area contributed by atoms with E-state index in [9.17, 15) is 9.59 Å². The van der Waals surface area contributed by atoms with Gasteiger partial charge in [0.15, 0.2) is 4.34 Å². The molecule has 0 bridgehead atoms. The molecule has 0 radical (unpaired) electrons. The Labute approximate surface area is 230 Å².